The second-order valence-corrected chi connectivity index (χ2v) is 17.3. The van der Waals surface area contributed by atoms with Crippen molar-refractivity contribution in [2.24, 2.45) is 11.1 Å². The van der Waals surface area contributed by atoms with Gasteiger partial charge in [0, 0.05) is 29.3 Å². The Morgan fingerprint density at radius 1 is 1.12 bits per heavy atom. The van der Waals surface area contributed by atoms with Crippen molar-refractivity contribution < 1.29 is 37.2 Å². The van der Waals surface area contributed by atoms with Crippen LogP contribution in [0.3, 0.4) is 0 Å². The maximum atomic E-state index is 14.4. The van der Waals surface area contributed by atoms with Gasteiger partial charge >= 0.3 is 6.09 Å². The number of ether oxygens (including phenoxy) is 1. The van der Waals surface area contributed by atoms with Crippen LogP contribution in [0.1, 0.15) is 90.5 Å². The molecule has 3 N–H and O–H groups in total. The predicted octanol–water partition coefficient (Wildman–Crippen LogP) is 3.70. The molecule has 3 aliphatic heterocycles. The van der Waals surface area contributed by atoms with Crippen LogP contribution in [0.5, 0.6) is 0 Å². The summed E-state index contributed by atoms with van der Waals surface area (Å²) < 4.78 is 33.2. The molecular weight excluding hydrogens is 674 g/mol. The number of amides is 4. The molecule has 1 saturated heterocycles. The van der Waals surface area contributed by atoms with E-state index in [4.69, 9.17) is 21.2 Å². The lowest BCUT2D eigenvalue weighted by Crippen LogP contribution is -2.58. The Kier molecular flexibility index (Phi) is 9.50. The lowest BCUT2D eigenvalue weighted by molar-refractivity contribution is -0.141. The summed E-state index contributed by atoms with van der Waals surface area (Å²) >= 11 is 6.23. The van der Waals surface area contributed by atoms with Gasteiger partial charge in [-0.25, -0.2) is 13.2 Å². The normalized spacial score (nSPS) is 31.2. The Balaban J connectivity index is 1.30. The lowest BCUT2D eigenvalue weighted by atomic mass is 9.91. The highest BCUT2D eigenvalue weighted by molar-refractivity contribution is 7.91. The van der Waals surface area contributed by atoms with Crippen LogP contribution in [0.2, 0.25) is 5.02 Å². The molecule has 13 nitrogen and oxygen atoms in total. The first-order chi connectivity index (χ1) is 23.1. The average molecular weight is 718 g/mol. The zero-order valence-electron chi connectivity index (χ0n) is 28.0. The zero-order valence-corrected chi connectivity index (χ0v) is 29.6. The second kappa shape index (κ2) is 13.2. The van der Waals surface area contributed by atoms with E-state index in [1.165, 1.54) is 4.90 Å². The fraction of sp³-hybridized carbons (Fsp3) is 0.618. The van der Waals surface area contributed by atoms with E-state index in [0.717, 1.165) is 18.4 Å². The van der Waals surface area contributed by atoms with Gasteiger partial charge < -0.3 is 25.1 Å². The summed E-state index contributed by atoms with van der Waals surface area (Å²) in [5, 5.41) is 9.84. The third kappa shape index (κ3) is 7.90. The summed E-state index contributed by atoms with van der Waals surface area (Å²) in [5.41, 5.74) is -2.00. The minimum absolute atomic E-state index is 0.0113. The molecule has 266 valence electrons. The Hall–Kier alpha value is -3.65. The van der Waals surface area contributed by atoms with Gasteiger partial charge in [0.05, 0.1) is 17.5 Å². The third-order valence-corrected chi connectivity index (χ3v) is 11.7. The van der Waals surface area contributed by atoms with E-state index in [1.54, 1.807) is 39.0 Å². The maximum Gasteiger partial charge on any atom is 0.408 e. The van der Waals surface area contributed by atoms with Gasteiger partial charge in [0.25, 0.3) is 5.91 Å². The number of allylic oxidation sites excluding steroid dienone is 1. The van der Waals surface area contributed by atoms with Crippen LogP contribution < -0.4 is 15.4 Å². The van der Waals surface area contributed by atoms with Crippen LogP contribution >= 0.6 is 11.6 Å². The number of nitrogens with one attached hydrogen (secondary N) is 3. The van der Waals surface area contributed by atoms with E-state index >= 15 is 0 Å². The van der Waals surface area contributed by atoms with Gasteiger partial charge in [0.1, 0.15) is 23.2 Å². The number of nitrogens with zero attached hydrogens (tertiary/aromatic N) is 2. The van der Waals surface area contributed by atoms with Crippen molar-refractivity contribution in [3.05, 3.63) is 47.0 Å². The molecule has 3 heterocycles. The largest absolute Gasteiger partial charge is 0.444 e. The van der Waals surface area contributed by atoms with Crippen molar-refractivity contribution in [2.45, 2.75) is 119 Å². The maximum absolute atomic E-state index is 14.4. The lowest BCUT2D eigenvalue weighted by Gasteiger charge is -2.30. The van der Waals surface area contributed by atoms with E-state index in [0.29, 0.717) is 42.8 Å². The molecule has 5 atom stereocenters. The van der Waals surface area contributed by atoms with Crippen molar-refractivity contribution in [3.8, 4) is 0 Å². The molecule has 2 aliphatic carbocycles. The number of carbonyl (C=O) groups excluding carboxylic acids is 4. The molecule has 49 heavy (non-hydrogen) atoms. The smallest absolute Gasteiger partial charge is 0.408 e. The molecule has 5 aliphatic rings. The highest BCUT2D eigenvalue weighted by Gasteiger charge is 2.63. The van der Waals surface area contributed by atoms with Crippen molar-refractivity contribution in [1.82, 2.24) is 20.3 Å². The van der Waals surface area contributed by atoms with Crippen molar-refractivity contribution >= 4 is 51.2 Å². The van der Waals surface area contributed by atoms with Gasteiger partial charge in [-0.2, -0.15) is 0 Å². The molecule has 0 radical (unpaired) electrons. The van der Waals surface area contributed by atoms with Crippen LogP contribution in [0, 0.1) is 5.92 Å². The van der Waals surface area contributed by atoms with Gasteiger partial charge in [-0.3, -0.25) is 19.1 Å². The standard InChI is InChI=1S/C34H44ClN5O8S/c1-32(2,3)47-31(44)36-25-13-8-6-4-5-7-11-22-17-34(22,30(43)39-49(45,46)24-14-15-24)37-28(41)27-19-33(20-40(27)29(25)42)18-26(38-48-33)21-10-9-12-23(35)16-21/h7,9-12,16,22,24-25,27H,4-6,8,13-15,17-20H2,1-3H3,(H,36,44)(H,37,41)(H,39,43)/b11-7-/t22-,25-,27-,33+,34+/m0/s1. The first-order valence-electron chi connectivity index (χ1n) is 17.0. The summed E-state index contributed by atoms with van der Waals surface area (Å²) in [4.78, 5) is 62.7. The first kappa shape index (κ1) is 35.2. The molecule has 1 aromatic rings. The topological polar surface area (TPSA) is 173 Å². The van der Waals surface area contributed by atoms with Crippen LogP contribution in [-0.2, 0) is 34.0 Å². The molecule has 1 aromatic carbocycles. The quantitative estimate of drug-likeness (QED) is 0.387. The van der Waals surface area contributed by atoms with Crippen LogP contribution in [0.15, 0.2) is 41.6 Å². The number of hydrogen-bond acceptors (Lipinski definition) is 9. The summed E-state index contributed by atoms with van der Waals surface area (Å²) in [6.45, 7) is 5.17. The Labute approximate surface area is 291 Å². The third-order valence-electron chi connectivity index (χ3n) is 9.67. The molecular formula is C34H44ClN5O8S. The van der Waals surface area contributed by atoms with Crippen molar-refractivity contribution in [3.63, 3.8) is 0 Å². The summed E-state index contributed by atoms with van der Waals surface area (Å²) in [6, 6.07) is 5.04. The number of carbonyl (C=O) groups is 4. The molecule has 3 fully saturated rings. The Morgan fingerprint density at radius 2 is 1.90 bits per heavy atom. The van der Waals surface area contributed by atoms with Crippen molar-refractivity contribution in [2.75, 3.05) is 6.54 Å². The molecule has 15 heteroatoms. The molecule has 2 saturated carbocycles. The first-order valence-corrected chi connectivity index (χ1v) is 18.9. The summed E-state index contributed by atoms with van der Waals surface area (Å²) in [6.07, 6.45) is 7.77. The SMILES string of the molecule is CC(C)(C)OC(=O)N[C@H]1CCCCC/C=C\[C@H]2C[C@@]2(C(=O)NS(=O)(=O)C2CC2)NC(=O)[C@@H]2C[C@]3(CC(c4cccc(Cl)c4)=NO3)CN2C1=O. The molecule has 0 aromatic heterocycles. The molecule has 6 rings (SSSR count). The second-order valence-electron chi connectivity index (χ2n) is 14.9. The number of fused-ring (bicyclic) bond motifs is 2. The highest BCUT2D eigenvalue weighted by Crippen LogP contribution is 2.47. The average Bonchev–Trinajstić information content (AvgIpc) is 3.92. The van der Waals surface area contributed by atoms with Gasteiger partial charge in [0.15, 0.2) is 5.60 Å². The molecule has 1 spiro atoms. The summed E-state index contributed by atoms with van der Waals surface area (Å²) in [7, 11) is -3.88. The van der Waals surface area contributed by atoms with Gasteiger partial charge in [0.2, 0.25) is 21.8 Å². The van der Waals surface area contributed by atoms with Crippen LogP contribution in [0.4, 0.5) is 4.79 Å². The number of oxime groups is 1. The predicted molar refractivity (Wildman–Crippen MR) is 181 cm³/mol. The Morgan fingerprint density at radius 3 is 2.61 bits per heavy atom. The van der Waals surface area contributed by atoms with Gasteiger partial charge in [-0.05, 0) is 71.4 Å². The van der Waals surface area contributed by atoms with E-state index in [9.17, 15) is 27.6 Å². The summed E-state index contributed by atoms with van der Waals surface area (Å²) in [5.74, 6) is -2.31. The number of alkyl carbamates (subject to hydrolysis) is 1. The fourth-order valence-corrected chi connectivity index (χ4v) is 8.43. The van der Waals surface area contributed by atoms with E-state index in [2.05, 4.69) is 20.5 Å². The number of halogens is 1. The Bertz CT molecular complexity index is 1690. The number of rotatable bonds is 5. The fourth-order valence-electron chi connectivity index (χ4n) is 6.87. The van der Waals surface area contributed by atoms with E-state index in [-0.39, 0.29) is 25.8 Å². The minimum atomic E-state index is -3.88. The van der Waals surface area contributed by atoms with Crippen LogP contribution in [0.25, 0.3) is 0 Å². The van der Waals surface area contributed by atoms with E-state index in [1.807, 2.05) is 18.2 Å². The van der Waals surface area contributed by atoms with Gasteiger partial charge in [-0.1, -0.05) is 53.9 Å². The number of sulfonamides is 1. The van der Waals surface area contributed by atoms with E-state index < -0.39 is 73.8 Å². The molecule has 0 bridgehead atoms. The molecule has 4 amide bonds. The van der Waals surface area contributed by atoms with Crippen LogP contribution in [-0.4, -0.2) is 83.5 Å². The van der Waals surface area contributed by atoms with Crippen molar-refractivity contribution in [1.29, 1.82) is 0 Å². The monoisotopic (exact) mass is 717 g/mol. The minimum Gasteiger partial charge on any atom is -0.444 e. The number of benzene rings is 1. The number of hydrogen-bond donors (Lipinski definition) is 3. The molecule has 0 unspecified atom stereocenters. The zero-order chi connectivity index (χ0) is 35.2. The highest BCUT2D eigenvalue weighted by atomic mass is 35.5. The van der Waals surface area contributed by atoms with Gasteiger partial charge in [-0.15, -0.1) is 0 Å².